The van der Waals surface area contributed by atoms with Crippen molar-refractivity contribution in [1.82, 2.24) is 9.96 Å². The highest BCUT2D eigenvalue weighted by Gasteiger charge is 2.03. The molecule has 0 radical (unpaired) electrons. The normalized spacial score (nSPS) is 15.7. The Balaban J connectivity index is 0.000000640. The van der Waals surface area contributed by atoms with Crippen molar-refractivity contribution >= 4 is 12.4 Å². The fraction of sp³-hybridized carbons (Fsp3) is 0.200. The zero-order valence-electron chi connectivity index (χ0n) is 4.90. The van der Waals surface area contributed by atoms with E-state index in [0.29, 0.717) is 6.67 Å². The molecule has 0 aromatic heterocycles. The van der Waals surface area contributed by atoms with E-state index in [4.69, 9.17) is 5.21 Å². The predicted octanol–water partition coefficient (Wildman–Crippen LogP) is 0.987. The number of hydrogen-bond donors (Lipinski definition) is 1. The summed E-state index contributed by atoms with van der Waals surface area (Å²) in [6.45, 7) is 4.00. The average molecular weight is 149 g/mol. The number of rotatable bonds is 1. The minimum absolute atomic E-state index is 0. The second kappa shape index (κ2) is 3.37. The Morgan fingerprint density at radius 2 is 2.22 bits per heavy atom. The highest BCUT2D eigenvalue weighted by Crippen LogP contribution is 2.01. The van der Waals surface area contributed by atoms with Gasteiger partial charge >= 0.3 is 0 Å². The molecule has 52 valence electrons. The average Bonchev–Trinajstić information content (AvgIpc) is 2.14. The molecule has 9 heavy (non-hydrogen) atoms. The van der Waals surface area contributed by atoms with Crippen molar-refractivity contribution in [2.24, 2.45) is 0 Å². The molecule has 0 spiro atoms. The van der Waals surface area contributed by atoms with Gasteiger partial charge in [-0.15, -0.1) is 12.4 Å². The molecule has 0 aromatic rings. The van der Waals surface area contributed by atoms with Crippen molar-refractivity contribution in [3.8, 4) is 0 Å². The maximum absolute atomic E-state index is 8.69. The Kier molecular flexibility index (Phi) is 3.12. The molecule has 0 fully saturated rings. The molecule has 0 bridgehead atoms. The minimum Gasteiger partial charge on any atom is -0.333 e. The van der Waals surface area contributed by atoms with Crippen LogP contribution in [0, 0.1) is 0 Å². The van der Waals surface area contributed by atoms with Gasteiger partial charge in [0.05, 0.1) is 0 Å². The number of nitrogens with zero attached hydrogens (tertiary/aromatic N) is 2. The van der Waals surface area contributed by atoms with Gasteiger partial charge in [0.2, 0.25) is 0 Å². The summed E-state index contributed by atoms with van der Waals surface area (Å²) in [5.41, 5.74) is 0. The molecule has 1 heterocycles. The van der Waals surface area contributed by atoms with Gasteiger partial charge in [-0.3, -0.25) is 5.21 Å². The smallest absolute Gasteiger partial charge is 0.119 e. The van der Waals surface area contributed by atoms with Crippen molar-refractivity contribution in [3.63, 3.8) is 0 Å². The predicted molar refractivity (Wildman–Crippen MR) is 36.9 cm³/mol. The van der Waals surface area contributed by atoms with Gasteiger partial charge in [-0.05, 0) is 6.20 Å². The van der Waals surface area contributed by atoms with E-state index in [0.717, 1.165) is 5.06 Å². The summed E-state index contributed by atoms with van der Waals surface area (Å²) in [5, 5.41) is 9.77. The Morgan fingerprint density at radius 3 is 2.44 bits per heavy atom. The summed E-state index contributed by atoms with van der Waals surface area (Å²) in [5.74, 6) is 0. The number of hydroxylamine groups is 2. The van der Waals surface area contributed by atoms with Crippen molar-refractivity contribution in [3.05, 3.63) is 25.2 Å². The van der Waals surface area contributed by atoms with Crippen molar-refractivity contribution in [2.75, 3.05) is 6.67 Å². The Hall–Kier alpha value is -0.670. The summed E-state index contributed by atoms with van der Waals surface area (Å²) >= 11 is 0. The molecule has 0 amide bonds. The first-order chi connectivity index (χ1) is 3.83. The molecule has 3 nitrogen and oxygen atoms in total. The largest absolute Gasteiger partial charge is 0.333 e. The van der Waals surface area contributed by atoms with Crippen LogP contribution < -0.4 is 0 Å². The molecule has 0 aliphatic carbocycles. The van der Waals surface area contributed by atoms with Crippen LogP contribution in [0.4, 0.5) is 0 Å². The maximum Gasteiger partial charge on any atom is 0.119 e. The van der Waals surface area contributed by atoms with Gasteiger partial charge in [-0.25, -0.2) is 5.06 Å². The van der Waals surface area contributed by atoms with Gasteiger partial charge in [0, 0.05) is 12.4 Å². The second-order valence-corrected chi connectivity index (χ2v) is 1.58. The Bertz CT molecular complexity index is 126. The molecule has 1 rings (SSSR count). The third kappa shape index (κ3) is 1.95. The monoisotopic (exact) mass is 148 g/mol. The lowest BCUT2D eigenvalue weighted by Gasteiger charge is -2.09. The number of halogens is 1. The highest BCUT2D eigenvalue weighted by atomic mass is 35.5. The first-order valence-corrected chi connectivity index (χ1v) is 2.35. The maximum atomic E-state index is 8.69. The molecular weight excluding hydrogens is 140 g/mol. The van der Waals surface area contributed by atoms with E-state index in [1.165, 1.54) is 0 Å². The van der Waals surface area contributed by atoms with Gasteiger partial charge < -0.3 is 4.90 Å². The summed E-state index contributed by atoms with van der Waals surface area (Å²) in [6, 6.07) is 0. The molecule has 0 saturated heterocycles. The van der Waals surface area contributed by atoms with Crippen LogP contribution in [0.3, 0.4) is 0 Å². The summed E-state index contributed by atoms with van der Waals surface area (Å²) in [6.07, 6.45) is 4.96. The van der Waals surface area contributed by atoms with Crippen molar-refractivity contribution in [1.29, 1.82) is 0 Å². The fourth-order valence-electron chi connectivity index (χ4n) is 0.543. The molecular formula is C5H9ClN2O. The van der Waals surface area contributed by atoms with E-state index in [-0.39, 0.29) is 12.4 Å². The van der Waals surface area contributed by atoms with Gasteiger partial charge in [-0.2, -0.15) is 0 Å². The zero-order valence-corrected chi connectivity index (χ0v) is 5.71. The van der Waals surface area contributed by atoms with Gasteiger partial charge in [0.25, 0.3) is 0 Å². The fourth-order valence-corrected chi connectivity index (χ4v) is 0.543. The summed E-state index contributed by atoms with van der Waals surface area (Å²) in [7, 11) is 0. The third-order valence-electron chi connectivity index (χ3n) is 0.973. The standard InChI is InChI=1S/C5H8N2O.ClH/c1-2-6-3-4-7(8)5-6;/h2-4,8H,1,5H2;1H. The first kappa shape index (κ1) is 8.33. The van der Waals surface area contributed by atoms with Crippen LogP contribution in [0.5, 0.6) is 0 Å². The lowest BCUT2D eigenvalue weighted by atomic mass is 10.8. The second-order valence-electron chi connectivity index (χ2n) is 1.58. The van der Waals surface area contributed by atoms with Crippen LogP contribution in [-0.2, 0) is 0 Å². The topological polar surface area (TPSA) is 26.7 Å². The molecule has 0 unspecified atom stereocenters. The van der Waals surface area contributed by atoms with Crippen LogP contribution in [0.2, 0.25) is 0 Å². The highest BCUT2D eigenvalue weighted by molar-refractivity contribution is 5.85. The van der Waals surface area contributed by atoms with Crippen LogP contribution in [0.25, 0.3) is 0 Å². The van der Waals surface area contributed by atoms with E-state index in [9.17, 15) is 0 Å². The molecule has 0 aromatic carbocycles. The van der Waals surface area contributed by atoms with E-state index >= 15 is 0 Å². The van der Waals surface area contributed by atoms with E-state index in [1.54, 1.807) is 23.5 Å². The Labute approximate surface area is 60.2 Å². The van der Waals surface area contributed by atoms with Gasteiger partial charge in [0.1, 0.15) is 6.67 Å². The van der Waals surface area contributed by atoms with E-state index < -0.39 is 0 Å². The first-order valence-electron chi connectivity index (χ1n) is 2.35. The quantitative estimate of drug-likeness (QED) is 0.601. The molecule has 0 saturated carbocycles. The van der Waals surface area contributed by atoms with Crippen LogP contribution >= 0.6 is 12.4 Å². The summed E-state index contributed by atoms with van der Waals surface area (Å²) < 4.78 is 0. The van der Waals surface area contributed by atoms with Crippen LogP contribution in [0.15, 0.2) is 25.2 Å². The molecule has 1 N–H and O–H groups in total. The lowest BCUT2D eigenvalue weighted by molar-refractivity contribution is -0.0488. The third-order valence-corrected chi connectivity index (χ3v) is 0.973. The van der Waals surface area contributed by atoms with Gasteiger partial charge in [0.15, 0.2) is 0 Å². The Morgan fingerprint density at radius 1 is 1.56 bits per heavy atom. The molecule has 4 heteroatoms. The zero-order chi connectivity index (χ0) is 5.98. The minimum atomic E-state index is 0. The van der Waals surface area contributed by atoms with Crippen molar-refractivity contribution in [2.45, 2.75) is 0 Å². The molecule has 1 aliphatic heterocycles. The summed E-state index contributed by atoms with van der Waals surface area (Å²) in [4.78, 5) is 1.76. The van der Waals surface area contributed by atoms with E-state index in [2.05, 4.69) is 6.58 Å². The van der Waals surface area contributed by atoms with Crippen LogP contribution in [0.1, 0.15) is 0 Å². The molecule has 1 aliphatic rings. The number of hydrogen-bond acceptors (Lipinski definition) is 3. The van der Waals surface area contributed by atoms with Crippen molar-refractivity contribution < 1.29 is 5.21 Å². The molecule has 0 atom stereocenters. The van der Waals surface area contributed by atoms with Crippen LogP contribution in [-0.4, -0.2) is 21.8 Å². The SMILES string of the molecule is C=CN1C=CN(O)C1.Cl. The van der Waals surface area contributed by atoms with Gasteiger partial charge in [-0.1, -0.05) is 6.58 Å². The van der Waals surface area contributed by atoms with E-state index in [1.807, 2.05) is 0 Å². The lowest BCUT2D eigenvalue weighted by Crippen LogP contribution is -2.17.